The van der Waals surface area contributed by atoms with Crippen LogP contribution in [0.25, 0.3) is 10.9 Å². The lowest BCUT2D eigenvalue weighted by molar-refractivity contribution is -0.137. The van der Waals surface area contributed by atoms with Crippen LogP contribution in [0.3, 0.4) is 0 Å². The Hall–Kier alpha value is -3.65. The highest BCUT2D eigenvalue weighted by molar-refractivity contribution is 5.87. The third kappa shape index (κ3) is 5.54. The van der Waals surface area contributed by atoms with Crippen LogP contribution in [0.4, 0.5) is 17.6 Å². The summed E-state index contributed by atoms with van der Waals surface area (Å²) in [5.74, 6) is -1.04. The lowest BCUT2D eigenvalue weighted by Gasteiger charge is -2.29. The van der Waals surface area contributed by atoms with Crippen LogP contribution in [-0.4, -0.2) is 41.7 Å². The molecule has 0 N–H and O–H groups in total. The van der Waals surface area contributed by atoms with E-state index >= 15 is 0 Å². The maximum Gasteiger partial charge on any atom is 0.416 e. The first-order chi connectivity index (χ1) is 17.8. The minimum absolute atomic E-state index is 0.0336. The van der Waals surface area contributed by atoms with Gasteiger partial charge in [-0.25, -0.2) is 4.39 Å². The fourth-order valence-corrected chi connectivity index (χ4v) is 4.93. The van der Waals surface area contributed by atoms with E-state index in [1.165, 1.54) is 18.2 Å². The number of carbonyl (C=O) groups is 1. The fourth-order valence-electron chi connectivity index (χ4n) is 4.93. The second-order valence-corrected chi connectivity index (χ2v) is 9.23. The van der Waals surface area contributed by atoms with Gasteiger partial charge in [-0.2, -0.15) is 13.2 Å². The van der Waals surface area contributed by atoms with Gasteiger partial charge in [-0.15, -0.1) is 0 Å². The zero-order valence-electron chi connectivity index (χ0n) is 20.0. The second-order valence-electron chi connectivity index (χ2n) is 9.23. The molecule has 0 unspecified atom stereocenters. The highest BCUT2D eigenvalue weighted by atomic mass is 19.4. The van der Waals surface area contributed by atoms with E-state index in [9.17, 15) is 22.4 Å². The van der Waals surface area contributed by atoms with E-state index in [1.807, 2.05) is 35.0 Å². The number of carbonyl (C=O) groups excluding carboxylic acids is 1. The number of aromatic nitrogens is 1. The Morgan fingerprint density at radius 1 is 0.946 bits per heavy atom. The number of morpholine rings is 1. The van der Waals surface area contributed by atoms with Gasteiger partial charge in [-0.05, 0) is 41.0 Å². The van der Waals surface area contributed by atoms with Crippen LogP contribution in [0.1, 0.15) is 34.6 Å². The van der Waals surface area contributed by atoms with E-state index in [1.54, 1.807) is 23.1 Å². The van der Waals surface area contributed by atoms with Gasteiger partial charge in [-0.3, -0.25) is 4.79 Å². The highest BCUT2D eigenvalue weighted by Crippen LogP contribution is 2.38. The molecule has 1 aromatic heterocycles. The van der Waals surface area contributed by atoms with Crippen LogP contribution in [-0.2, 0) is 22.3 Å². The molecular weight excluding hydrogens is 484 g/mol. The van der Waals surface area contributed by atoms with Gasteiger partial charge in [0, 0.05) is 49.1 Å². The first-order valence-electron chi connectivity index (χ1n) is 12.1. The molecule has 192 valence electrons. The van der Waals surface area contributed by atoms with E-state index in [0.29, 0.717) is 38.4 Å². The number of amides is 1. The molecule has 1 aliphatic heterocycles. The Morgan fingerprint density at radius 2 is 1.68 bits per heavy atom. The molecule has 1 fully saturated rings. The number of hydrogen-bond acceptors (Lipinski definition) is 2. The van der Waals surface area contributed by atoms with Crippen LogP contribution in [0.2, 0.25) is 0 Å². The number of fused-ring (bicyclic) bond motifs is 1. The number of halogens is 4. The molecule has 0 bridgehead atoms. The monoisotopic (exact) mass is 510 g/mol. The maximum absolute atomic E-state index is 13.6. The van der Waals surface area contributed by atoms with Gasteiger partial charge in [0.25, 0.3) is 0 Å². The summed E-state index contributed by atoms with van der Waals surface area (Å²) in [5.41, 5.74) is 2.23. The van der Waals surface area contributed by atoms with Gasteiger partial charge < -0.3 is 14.2 Å². The summed E-state index contributed by atoms with van der Waals surface area (Å²) in [6.07, 6.45) is -2.55. The molecule has 0 radical (unpaired) electrons. The van der Waals surface area contributed by atoms with Gasteiger partial charge in [0.15, 0.2) is 0 Å². The minimum Gasteiger partial charge on any atom is -0.378 e. The first-order valence-corrected chi connectivity index (χ1v) is 12.1. The zero-order valence-corrected chi connectivity index (χ0v) is 20.0. The molecule has 1 amide bonds. The van der Waals surface area contributed by atoms with Gasteiger partial charge in [0.05, 0.1) is 18.8 Å². The van der Waals surface area contributed by atoms with Gasteiger partial charge in [-0.1, -0.05) is 48.5 Å². The van der Waals surface area contributed by atoms with Crippen LogP contribution in [0.15, 0.2) is 79.0 Å². The fraction of sp³-hybridized carbons (Fsp3) is 0.276. The summed E-state index contributed by atoms with van der Waals surface area (Å²) in [4.78, 5) is 15.0. The van der Waals surface area contributed by atoms with Crippen molar-refractivity contribution >= 4 is 16.8 Å². The molecule has 8 heteroatoms. The summed E-state index contributed by atoms with van der Waals surface area (Å²) in [6, 6.07) is 19.1. The van der Waals surface area contributed by atoms with Crippen molar-refractivity contribution in [2.24, 2.45) is 0 Å². The van der Waals surface area contributed by atoms with Crippen molar-refractivity contribution in [1.29, 1.82) is 0 Å². The Kier molecular flexibility index (Phi) is 7.02. The third-order valence-corrected chi connectivity index (χ3v) is 6.82. The van der Waals surface area contributed by atoms with Crippen molar-refractivity contribution in [3.63, 3.8) is 0 Å². The molecule has 5 rings (SSSR count). The Balaban J connectivity index is 1.59. The zero-order chi connectivity index (χ0) is 26.0. The number of rotatable bonds is 6. The van der Waals surface area contributed by atoms with Gasteiger partial charge in [0.1, 0.15) is 5.82 Å². The maximum atomic E-state index is 13.6. The Bertz CT molecular complexity index is 1390. The van der Waals surface area contributed by atoms with Gasteiger partial charge in [0.2, 0.25) is 5.91 Å². The lowest BCUT2D eigenvalue weighted by Crippen LogP contribution is -2.41. The van der Waals surface area contributed by atoms with E-state index in [0.717, 1.165) is 34.2 Å². The topological polar surface area (TPSA) is 34.5 Å². The molecule has 0 aliphatic carbocycles. The molecule has 1 aliphatic rings. The van der Waals surface area contributed by atoms with Crippen LogP contribution in [0, 0.1) is 5.82 Å². The molecule has 0 spiro atoms. The van der Waals surface area contributed by atoms with Crippen molar-refractivity contribution in [1.82, 2.24) is 9.47 Å². The quantitative estimate of drug-likeness (QED) is 0.288. The van der Waals surface area contributed by atoms with Gasteiger partial charge >= 0.3 is 6.18 Å². The number of nitrogens with zero attached hydrogens (tertiary/aromatic N) is 2. The van der Waals surface area contributed by atoms with Crippen LogP contribution >= 0.6 is 0 Å². The van der Waals surface area contributed by atoms with E-state index in [2.05, 4.69) is 0 Å². The van der Waals surface area contributed by atoms with Crippen molar-refractivity contribution in [2.45, 2.75) is 25.1 Å². The number of alkyl halides is 3. The second kappa shape index (κ2) is 10.4. The van der Waals surface area contributed by atoms with Crippen LogP contribution < -0.4 is 0 Å². The van der Waals surface area contributed by atoms with E-state index in [4.69, 9.17) is 4.74 Å². The third-order valence-electron chi connectivity index (χ3n) is 6.82. The molecule has 1 saturated heterocycles. The number of para-hydroxylation sites is 1. The van der Waals surface area contributed by atoms with E-state index < -0.39 is 17.7 Å². The van der Waals surface area contributed by atoms with E-state index in [-0.39, 0.29) is 18.1 Å². The number of benzene rings is 3. The summed E-state index contributed by atoms with van der Waals surface area (Å²) in [7, 11) is 0. The average Bonchev–Trinajstić information content (AvgIpc) is 3.26. The molecule has 4 nitrogen and oxygen atoms in total. The van der Waals surface area contributed by atoms with Crippen molar-refractivity contribution in [2.75, 3.05) is 26.3 Å². The number of ether oxygens (including phenoxy) is 1. The van der Waals surface area contributed by atoms with Crippen molar-refractivity contribution < 1.29 is 27.1 Å². The first kappa shape index (κ1) is 25.0. The summed E-state index contributed by atoms with van der Waals surface area (Å²) < 4.78 is 61.6. The summed E-state index contributed by atoms with van der Waals surface area (Å²) >= 11 is 0. The Labute approximate surface area is 212 Å². The SMILES string of the molecule is O=C(C[C@H](c1cccc(C(F)(F)F)c1)c1cn(Cc2ccc(F)cc2)c2ccccc12)N1CCOCC1. The predicted molar refractivity (Wildman–Crippen MR) is 133 cm³/mol. The Morgan fingerprint density at radius 3 is 2.41 bits per heavy atom. The highest BCUT2D eigenvalue weighted by Gasteiger charge is 2.32. The molecule has 0 saturated carbocycles. The lowest BCUT2D eigenvalue weighted by atomic mass is 9.87. The minimum atomic E-state index is -4.49. The summed E-state index contributed by atoms with van der Waals surface area (Å²) in [6.45, 7) is 2.25. The summed E-state index contributed by atoms with van der Waals surface area (Å²) in [5, 5.41) is 0.863. The molecular formula is C29H26F4N2O2. The van der Waals surface area contributed by atoms with Crippen molar-refractivity contribution in [3.8, 4) is 0 Å². The van der Waals surface area contributed by atoms with Crippen LogP contribution in [0.5, 0.6) is 0 Å². The molecule has 2 heterocycles. The predicted octanol–water partition coefficient (Wildman–Crippen LogP) is 6.23. The largest absolute Gasteiger partial charge is 0.416 e. The molecule has 37 heavy (non-hydrogen) atoms. The molecule has 4 aromatic rings. The number of hydrogen-bond donors (Lipinski definition) is 0. The normalized spacial score (nSPS) is 15.2. The standard InChI is InChI=1S/C29H26F4N2O2/c30-23-10-8-20(9-11-23)18-35-19-26(24-6-1-2-7-27(24)35)25(17-28(36)34-12-14-37-15-13-34)21-4-3-5-22(16-21)29(31,32)33/h1-11,16,19,25H,12-15,17-18H2/t25-/m1/s1. The van der Waals surface area contributed by atoms with Crippen molar-refractivity contribution in [3.05, 3.63) is 107 Å². The average molecular weight is 511 g/mol. The molecule has 1 atom stereocenters. The molecule has 3 aromatic carbocycles. The smallest absolute Gasteiger partial charge is 0.378 e.